The van der Waals surface area contributed by atoms with Crippen LogP contribution in [0.25, 0.3) is 0 Å². The first-order chi connectivity index (χ1) is 12.5. The number of nitrogens with zero attached hydrogens (tertiary/aromatic N) is 3. The average Bonchev–Trinajstić information content (AvgIpc) is 3.00. The molecule has 2 aromatic rings. The van der Waals surface area contributed by atoms with Crippen LogP contribution in [0.15, 0.2) is 36.5 Å². The van der Waals surface area contributed by atoms with Crippen LogP contribution in [0, 0.1) is 12.8 Å². The van der Waals surface area contributed by atoms with Crippen LogP contribution in [0.5, 0.6) is 0 Å². The number of carbonyl (C=O) groups excluding carboxylic acids is 2. The standard InChI is InChI=1S/C20H25N3O3/c1-15-18(13-21-22(15)2)20(25)26-14-19(24)23-10-8-17(9-11-23)12-16-6-4-3-5-7-16/h3-7,13,17H,8-12,14H2,1-2H3. The molecule has 0 radical (unpaired) electrons. The van der Waals surface area contributed by atoms with E-state index in [1.54, 1.807) is 23.6 Å². The number of ether oxygens (including phenoxy) is 1. The Morgan fingerprint density at radius 2 is 1.88 bits per heavy atom. The van der Waals surface area contributed by atoms with Crippen molar-refractivity contribution in [1.82, 2.24) is 14.7 Å². The zero-order valence-electron chi connectivity index (χ0n) is 15.4. The van der Waals surface area contributed by atoms with Gasteiger partial charge in [0.1, 0.15) is 5.56 Å². The lowest BCUT2D eigenvalue weighted by Gasteiger charge is -2.32. The van der Waals surface area contributed by atoms with Crippen molar-refractivity contribution in [3.8, 4) is 0 Å². The second-order valence-electron chi connectivity index (χ2n) is 6.86. The summed E-state index contributed by atoms with van der Waals surface area (Å²) in [5.74, 6) is -0.0250. The van der Waals surface area contributed by atoms with E-state index in [0.29, 0.717) is 11.5 Å². The highest BCUT2D eigenvalue weighted by Crippen LogP contribution is 2.21. The van der Waals surface area contributed by atoms with Gasteiger partial charge in [0.25, 0.3) is 5.91 Å². The van der Waals surface area contributed by atoms with Crippen molar-refractivity contribution in [1.29, 1.82) is 0 Å². The van der Waals surface area contributed by atoms with Gasteiger partial charge in [0.05, 0.1) is 6.20 Å². The van der Waals surface area contributed by atoms with E-state index in [0.717, 1.165) is 38.0 Å². The van der Waals surface area contributed by atoms with Gasteiger partial charge >= 0.3 is 5.97 Å². The van der Waals surface area contributed by atoms with E-state index in [9.17, 15) is 9.59 Å². The number of hydrogen-bond acceptors (Lipinski definition) is 4. The molecule has 0 atom stereocenters. The summed E-state index contributed by atoms with van der Waals surface area (Å²) in [5, 5.41) is 4.02. The maximum absolute atomic E-state index is 12.3. The maximum Gasteiger partial charge on any atom is 0.342 e. The summed E-state index contributed by atoms with van der Waals surface area (Å²) in [6.07, 6.45) is 4.49. The van der Waals surface area contributed by atoms with Crippen LogP contribution in [0.1, 0.15) is 34.5 Å². The summed E-state index contributed by atoms with van der Waals surface area (Å²) in [7, 11) is 1.76. The minimum absolute atomic E-state index is 0.127. The molecular weight excluding hydrogens is 330 g/mol. The van der Waals surface area contributed by atoms with Crippen LogP contribution in [-0.2, 0) is 23.0 Å². The SMILES string of the molecule is Cc1c(C(=O)OCC(=O)N2CCC(Cc3ccccc3)CC2)cnn1C. The van der Waals surface area contributed by atoms with Gasteiger partial charge in [-0.25, -0.2) is 4.79 Å². The van der Waals surface area contributed by atoms with Gasteiger partial charge in [-0.15, -0.1) is 0 Å². The smallest absolute Gasteiger partial charge is 0.342 e. The Hall–Kier alpha value is -2.63. The number of aryl methyl sites for hydroxylation is 1. The fourth-order valence-electron chi connectivity index (χ4n) is 3.33. The van der Waals surface area contributed by atoms with E-state index in [4.69, 9.17) is 4.74 Å². The van der Waals surface area contributed by atoms with Gasteiger partial charge in [0, 0.05) is 25.8 Å². The zero-order chi connectivity index (χ0) is 18.5. The van der Waals surface area contributed by atoms with Crippen molar-refractivity contribution in [3.63, 3.8) is 0 Å². The number of carbonyl (C=O) groups is 2. The number of piperidine rings is 1. The number of likely N-dealkylation sites (tertiary alicyclic amines) is 1. The molecule has 1 amide bonds. The lowest BCUT2D eigenvalue weighted by molar-refractivity contribution is -0.135. The van der Waals surface area contributed by atoms with Crippen molar-refractivity contribution in [2.45, 2.75) is 26.2 Å². The van der Waals surface area contributed by atoms with Gasteiger partial charge in [-0.1, -0.05) is 30.3 Å². The molecule has 0 saturated carbocycles. The summed E-state index contributed by atoms with van der Waals surface area (Å²) in [6.45, 7) is 3.03. The van der Waals surface area contributed by atoms with Gasteiger partial charge in [-0.05, 0) is 37.7 Å². The first-order valence-electron chi connectivity index (χ1n) is 9.02. The Balaban J connectivity index is 1.43. The van der Waals surface area contributed by atoms with E-state index in [1.165, 1.54) is 11.8 Å². The molecule has 6 heteroatoms. The average molecular weight is 355 g/mol. The van der Waals surface area contributed by atoms with E-state index >= 15 is 0 Å². The molecule has 1 aliphatic rings. The van der Waals surface area contributed by atoms with Gasteiger partial charge < -0.3 is 9.64 Å². The quantitative estimate of drug-likeness (QED) is 0.773. The predicted molar refractivity (Wildman–Crippen MR) is 97.7 cm³/mol. The van der Waals surface area contributed by atoms with Crippen LogP contribution in [0.2, 0.25) is 0 Å². The summed E-state index contributed by atoms with van der Waals surface area (Å²) < 4.78 is 6.78. The molecule has 0 bridgehead atoms. The third-order valence-electron chi connectivity index (χ3n) is 5.12. The highest BCUT2D eigenvalue weighted by Gasteiger charge is 2.24. The molecule has 6 nitrogen and oxygen atoms in total. The van der Waals surface area contributed by atoms with E-state index in [-0.39, 0.29) is 12.5 Å². The normalized spacial score (nSPS) is 15.1. The Morgan fingerprint density at radius 3 is 2.50 bits per heavy atom. The van der Waals surface area contributed by atoms with Crippen molar-refractivity contribution in [3.05, 3.63) is 53.3 Å². The van der Waals surface area contributed by atoms with Crippen molar-refractivity contribution in [2.24, 2.45) is 13.0 Å². The van der Waals surface area contributed by atoms with Gasteiger partial charge in [0.2, 0.25) is 0 Å². The van der Waals surface area contributed by atoms with E-state index < -0.39 is 5.97 Å². The minimum atomic E-state index is -0.497. The van der Waals surface area contributed by atoms with Crippen LogP contribution >= 0.6 is 0 Å². The molecule has 3 rings (SSSR count). The highest BCUT2D eigenvalue weighted by molar-refractivity contribution is 5.92. The van der Waals surface area contributed by atoms with Crippen molar-refractivity contribution in [2.75, 3.05) is 19.7 Å². The number of benzene rings is 1. The number of hydrogen-bond donors (Lipinski definition) is 0. The van der Waals surface area contributed by atoms with Crippen molar-refractivity contribution < 1.29 is 14.3 Å². The molecule has 1 saturated heterocycles. The zero-order valence-corrected chi connectivity index (χ0v) is 15.4. The molecule has 2 heterocycles. The first-order valence-corrected chi connectivity index (χ1v) is 9.02. The van der Waals surface area contributed by atoms with E-state index in [1.807, 2.05) is 6.07 Å². The molecular formula is C20H25N3O3. The maximum atomic E-state index is 12.3. The molecule has 1 fully saturated rings. The molecule has 138 valence electrons. The molecule has 0 unspecified atom stereocenters. The Kier molecular flexibility index (Phi) is 5.71. The fourth-order valence-corrected chi connectivity index (χ4v) is 3.33. The fraction of sp³-hybridized carbons (Fsp3) is 0.450. The molecule has 0 N–H and O–H groups in total. The molecule has 26 heavy (non-hydrogen) atoms. The highest BCUT2D eigenvalue weighted by atomic mass is 16.5. The summed E-state index contributed by atoms with van der Waals surface area (Å²) in [5.41, 5.74) is 2.48. The first kappa shape index (κ1) is 18.2. The van der Waals surface area contributed by atoms with Gasteiger partial charge in [0.15, 0.2) is 6.61 Å². The predicted octanol–water partition coefficient (Wildman–Crippen LogP) is 2.37. The van der Waals surface area contributed by atoms with Crippen LogP contribution in [0.4, 0.5) is 0 Å². The molecule has 1 aliphatic heterocycles. The number of rotatable bonds is 5. The second kappa shape index (κ2) is 8.17. The summed E-state index contributed by atoms with van der Waals surface area (Å²) in [6, 6.07) is 10.5. The van der Waals surface area contributed by atoms with E-state index in [2.05, 4.69) is 29.4 Å². The third-order valence-corrected chi connectivity index (χ3v) is 5.12. The summed E-state index contributed by atoms with van der Waals surface area (Å²) in [4.78, 5) is 26.2. The number of esters is 1. The lowest BCUT2D eigenvalue weighted by Crippen LogP contribution is -2.41. The topological polar surface area (TPSA) is 64.4 Å². The van der Waals surface area contributed by atoms with Crippen LogP contribution in [-0.4, -0.2) is 46.3 Å². The van der Waals surface area contributed by atoms with Crippen molar-refractivity contribution >= 4 is 11.9 Å². The second-order valence-corrected chi connectivity index (χ2v) is 6.86. The third kappa shape index (κ3) is 4.31. The Bertz CT molecular complexity index is 762. The summed E-state index contributed by atoms with van der Waals surface area (Å²) >= 11 is 0. The van der Waals surface area contributed by atoms with Gasteiger partial charge in [-0.2, -0.15) is 5.10 Å². The largest absolute Gasteiger partial charge is 0.452 e. The minimum Gasteiger partial charge on any atom is -0.452 e. The molecule has 1 aromatic carbocycles. The van der Waals surface area contributed by atoms with Crippen LogP contribution in [0.3, 0.4) is 0 Å². The number of amides is 1. The lowest BCUT2D eigenvalue weighted by atomic mass is 9.90. The monoisotopic (exact) mass is 355 g/mol. The van der Waals surface area contributed by atoms with Crippen LogP contribution < -0.4 is 0 Å². The molecule has 0 aliphatic carbocycles. The Labute approximate surface area is 153 Å². The number of aromatic nitrogens is 2. The Morgan fingerprint density at radius 1 is 1.19 bits per heavy atom. The van der Waals surface area contributed by atoms with Gasteiger partial charge in [-0.3, -0.25) is 9.48 Å². The molecule has 1 aromatic heterocycles. The molecule has 0 spiro atoms.